The van der Waals surface area contributed by atoms with Crippen molar-refractivity contribution < 1.29 is 9.32 Å². The second-order valence-electron chi connectivity index (χ2n) is 6.27. The molecule has 128 valence electrons. The molecule has 0 unspecified atom stereocenters. The van der Waals surface area contributed by atoms with Crippen LogP contribution in [0.2, 0.25) is 0 Å². The lowest BCUT2D eigenvalue weighted by atomic mass is 10.1. The molecule has 7 nitrogen and oxygen atoms in total. The van der Waals surface area contributed by atoms with Gasteiger partial charge in [-0.15, -0.1) is 0 Å². The first-order chi connectivity index (χ1) is 12.2. The molecular formula is C18H19N5O2. The molecule has 0 saturated heterocycles. The van der Waals surface area contributed by atoms with E-state index in [9.17, 15) is 4.79 Å². The lowest BCUT2D eigenvalue weighted by Gasteiger charge is -2.06. The van der Waals surface area contributed by atoms with Crippen LogP contribution in [0.3, 0.4) is 0 Å². The number of aryl methyl sites for hydroxylation is 2. The molecule has 2 N–H and O–H groups in total. The maximum absolute atomic E-state index is 12.6. The fraction of sp³-hybridized carbons (Fsp3) is 0.333. The van der Waals surface area contributed by atoms with E-state index < -0.39 is 0 Å². The van der Waals surface area contributed by atoms with Crippen LogP contribution in [-0.2, 0) is 6.42 Å². The van der Waals surface area contributed by atoms with Crippen LogP contribution in [-0.4, -0.2) is 26.2 Å². The van der Waals surface area contributed by atoms with Crippen molar-refractivity contribution in [2.45, 2.75) is 39.0 Å². The summed E-state index contributed by atoms with van der Waals surface area (Å²) in [6.45, 7) is 3.68. The first kappa shape index (κ1) is 15.6. The first-order valence-corrected chi connectivity index (χ1v) is 8.45. The van der Waals surface area contributed by atoms with Crippen molar-refractivity contribution in [1.82, 2.24) is 20.3 Å². The van der Waals surface area contributed by atoms with E-state index >= 15 is 0 Å². The van der Waals surface area contributed by atoms with Crippen molar-refractivity contribution in [2.75, 3.05) is 5.32 Å². The lowest BCUT2D eigenvalue weighted by Crippen LogP contribution is -2.14. The molecule has 2 aromatic heterocycles. The van der Waals surface area contributed by atoms with Gasteiger partial charge in [-0.25, -0.2) is 4.98 Å². The summed E-state index contributed by atoms with van der Waals surface area (Å²) in [6.07, 6.45) is 2.98. The fourth-order valence-electron chi connectivity index (χ4n) is 2.82. The number of aromatic amines is 1. The minimum atomic E-state index is -0.221. The predicted octanol–water partition coefficient (Wildman–Crippen LogP) is 3.46. The number of rotatable bonds is 5. The number of amides is 1. The number of nitrogens with zero attached hydrogens (tertiary/aromatic N) is 3. The zero-order chi connectivity index (χ0) is 17.4. The number of hydrogen-bond donors (Lipinski definition) is 2. The van der Waals surface area contributed by atoms with Crippen molar-refractivity contribution in [3.05, 3.63) is 47.1 Å². The van der Waals surface area contributed by atoms with E-state index in [0.29, 0.717) is 40.9 Å². The molecule has 7 heteroatoms. The minimum Gasteiger partial charge on any atom is -0.361 e. The summed E-state index contributed by atoms with van der Waals surface area (Å²) in [5, 5.41) is 14.1. The number of anilines is 1. The van der Waals surface area contributed by atoms with E-state index in [-0.39, 0.29) is 5.91 Å². The molecule has 1 aliphatic rings. The molecule has 1 saturated carbocycles. The molecule has 0 bridgehead atoms. The normalized spacial score (nSPS) is 13.8. The van der Waals surface area contributed by atoms with E-state index in [1.54, 1.807) is 6.92 Å². The predicted molar refractivity (Wildman–Crippen MR) is 92.4 cm³/mol. The van der Waals surface area contributed by atoms with Crippen LogP contribution in [0.25, 0.3) is 11.4 Å². The summed E-state index contributed by atoms with van der Waals surface area (Å²) in [6, 6.07) is 7.51. The Balaban J connectivity index is 1.56. The summed E-state index contributed by atoms with van der Waals surface area (Å²) in [5.74, 6) is 2.41. The van der Waals surface area contributed by atoms with Crippen LogP contribution < -0.4 is 5.32 Å². The van der Waals surface area contributed by atoms with Gasteiger partial charge >= 0.3 is 0 Å². The molecular weight excluding hydrogens is 318 g/mol. The second kappa shape index (κ2) is 6.16. The average Bonchev–Trinajstić information content (AvgIpc) is 3.22. The molecule has 1 amide bonds. The largest absolute Gasteiger partial charge is 0.361 e. The van der Waals surface area contributed by atoms with Crippen molar-refractivity contribution in [2.24, 2.45) is 0 Å². The molecule has 1 fully saturated rings. The van der Waals surface area contributed by atoms with Crippen LogP contribution in [0.1, 0.15) is 53.3 Å². The topological polar surface area (TPSA) is 96.7 Å². The molecule has 2 heterocycles. The van der Waals surface area contributed by atoms with E-state index in [1.807, 2.05) is 31.2 Å². The first-order valence-electron chi connectivity index (χ1n) is 8.45. The van der Waals surface area contributed by atoms with Gasteiger partial charge in [-0.1, -0.05) is 24.2 Å². The lowest BCUT2D eigenvalue weighted by molar-refractivity contribution is 0.102. The third-order valence-corrected chi connectivity index (χ3v) is 4.34. The summed E-state index contributed by atoms with van der Waals surface area (Å²) in [5.41, 5.74) is 2.71. The van der Waals surface area contributed by atoms with E-state index in [0.717, 1.165) is 11.4 Å². The zero-order valence-electron chi connectivity index (χ0n) is 14.2. The summed E-state index contributed by atoms with van der Waals surface area (Å²) in [4.78, 5) is 17.1. The van der Waals surface area contributed by atoms with Crippen molar-refractivity contribution in [3.63, 3.8) is 0 Å². The standard InChI is InChI=1S/C18H19N5O2/c1-3-14-15(10(2)25-23-14)18(24)19-13-6-4-5-12(9-13)17-20-16(21-22-17)11-7-8-11/h4-6,9,11H,3,7-8H2,1-2H3,(H,19,24)(H,20,21,22). The quantitative estimate of drug-likeness (QED) is 0.743. The molecule has 0 atom stereocenters. The highest BCUT2D eigenvalue weighted by Gasteiger charge is 2.27. The summed E-state index contributed by atoms with van der Waals surface area (Å²) < 4.78 is 5.13. The van der Waals surface area contributed by atoms with Crippen LogP contribution in [0.4, 0.5) is 5.69 Å². The van der Waals surface area contributed by atoms with Gasteiger partial charge in [0.2, 0.25) is 0 Å². The van der Waals surface area contributed by atoms with Crippen LogP contribution >= 0.6 is 0 Å². The molecule has 0 spiro atoms. The Morgan fingerprint density at radius 2 is 2.24 bits per heavy atom. The highest BCUT2D eigenvalue weighted by Crippen LogP contribution is 2.38. The Bertz CT molecular complexity index is 923. The molecule has 0 aliphatic heterocycles. The highest BCUT2D eigenvalue weighted by atomic mass is 16.5. The SMILES string of the molecule is CCc1noc(C)c1C(=O)Nc1cccc(-c2n[nH]c(C3CC3)n2)c1. The van der Waals surface area contributed by atoms with Gasteiger partial charge in [-0.2, -0.15) is 5.10 Å². The third kappa shape index (κ3) is 3.05. The third-order valence-electron chi connectivity index (χ3n) is 4.34. The smallest absolute Gasteiger partial charge is 0.261 e. The second-order valence-corrected chi connectivity index (χ2v) is 6.27. The maximum Gasteiger partial charge on any atom is 0.261 e. The van der Waals surface area contributed by atoms with Crippen LogP contribution in [0.5, 0.6) is 0 Å². The zero-order valence-corrected chi connectivity index (χ0v) is 14.2. The van der Waals surface area contributed by atoms with Gasteiger partial charge in [0.1, 0.15) is 17.1 Å². The van der Waals surface area contributed by atoms with Gasteiger partial charge in [0.05, 0.1) is 5.69 Å². The van der Waals surface area contributed by atoms with Gasteiger partial charge in [-0.3, -0.25) is 9.89 Å². The Hall–Kier alpha value is -2.96. The summed E-state index contributed by atoms with van der Waals surface area (Å²) in [7, 11) is 0. The van der Waals surface area contributed by atoms with Gasteiger partial charge in [0.15, 0.2) is 5.82 Å². The summed E-state index contributed by atoms with van der Waals surface area (Å²) >= 11 is 0. The monoisotopic (exact) mass is 337 g/mol. The molecule has 25 heavy (non-hydrogen) atoms. The number of carbonyl (C=O) groups is 1. The minimum absolute atomic E-state index is 0.221. The van der Waals surface area contributed by atoms with E-state index in [4.69, 9.17) is 4.52 Å². The Morgan fingerprint density at radius 1 is 1.40 bits per heavy atom. The molecule has 1 aliphatic carbocycles. The number of aromatic nitrogens is 4. The van der Waals surface area contributed by atoms with Crippen molar-refractivity contribution in [1.29, 1.82) is 0 Å². The molecule has 3 aromatic rings. The number of nitrogens with one attached hydrogen (secondary N) is 2. The van der Waals surface area contributed by atoms with Crippen molar-refractivity contribution >= 4 is 11.6 Å². The molecule has 1 aromatic carbocycles. The van der Waals surface area contributed by atoms with Gasteiger partial charge in [0, 0.05) is 17.2 Å². The number of hydrogen-bond acceptors (Lipinski definition) is 5. The molecule has 4 rings (SSSR count). The number of benzene rings is 1. The van der Waals surface area contributed by atoms with Crippen LogP contribution in [0.15, 0.2) is 28.8 Å². The van der Waals surface area contributed by atoms with Gasteiger partial charge in [-0.05, 0) is 38.3 Å². The Labute approximate surface area is 144 Å². The molecule has 0 radical (unpaired) electrons. The fourth-order valence-corrected chi connectivity index (χ4v) is 2.82. The Morgan fingerprint density at radius 3 is 3.00 bits per heavy atom. The number of H-pyrrole nitrogens is 1. The number of carbonyl (C=O) groups excluding carboxylic acids is 1. The van der Waals surface area contributed by atoms with Gasteiger partial charge in [0.25, 0.3) is 5.91 Å². The highest BCUT2D eigenvalue weighted by molar-refractivity contribution is 6.05. The van der Waals surface area contributed by atoms with Crippen LogP contribution in [0, 0.1) is 6.92 Å². The van der Waals surface area contributed by atoms with E-state index in [1.165, 1.54) is 12.8 Å². The Kier molecular flexibility index (Phi) is 3.83. The van der Waals surface area contributed by atoms with Crippen molar-refractivity contribution in [3.8, 4) is 11.4 Å². The van der Waals surface area contributed by atoms with E-state index in [2.05, 4.69) is 25.7 Å². The average molecular weight is 337 g/mol. The van der Waals surface area contributed by atoms with Gasteiger partial charge < -0.3 is 9.84 Å². The maximum atomic E-state index is 12.6.